The van der Waals surface area contributed by atoms with Crippen LogP contribution >= 0.6 is 35.6 Å². The number of hydrogen-bond acceptors (Lipinski definition) is 5. The van der Waals surface area contributed by atoms with Crippen LogP contribution in [0.3, 0.4) is 0 Å². The van der Waals surface area contributed by atoms with Gasteiger partial charge in [-0.1, -0.05) is 35.6 Å². The van der Waals surface area contributed by atoms with Crippen LogP contribution in [0.2, 0.25) is 5.02 Å². The lowest BCUT2D eigenvalue weighted by atomic mass is 10.2. The maximum absolute atomic E-state index is 13.4. The van der Waals surface area contributed by atoms with E-state index in [9.17, 15) is 9.18 Å². The topological polar surface area (TPSA) is 42.7 Å². The van der Waals surface area contributed by atoms with Crippen LogP contribution in [0.15, 0.2) is 63.9 Å². The predicted octanol–water partition coefficient (Wildman–Crippen LogP) is 6.15. The van der Waals surface area contributed by atoms with Crippen LogP contribution in [0.1, 0.15) is 5.76 Å². The number of thiocarbonyl (C=S) groups is 1. The zero-order valence-electron chi connectivity index (χ0n) is 15.0. The van der Waals surface area contributed by atoms with Crippen LogP contribution < -0.4 is 9.64 Å². The van der Waals surface area contributed by atoms with E-state index in [0.29, 0.717) is 37.7 Å². The van der Waals surface area contributed by atoms with Crippen molar-refractivity contribution in [2.75, 3.05) is 12.0 Å². The van der Waals surface area contributed by atoms with Crippen molar-refractivity contribution in [3.8, 4) is 17.1 Å². The number of methoxy groups -OCH3 is 1. The molecule has 1 saturated heterocycles. The van der Waals surface area contributed by atoms with Crippen molar-refractivity contribution in [3.05, 3.63) is 76.1 Å². The summed E-state index contributed by atoms with van der Waals surface area (Å²) >= 11 is 12.4. The number of benzene rings is 2. The van der Waals surface area contributed by atoms with Gasteiger partial charge in [-0.25, -0.2) is 4.39 Å². The second-order valence-electron chi connectivity index (χ2n) is 6.05. The van der Waals surface area contributed by atoms with Crippen molar-refractivity contribution in [2.45, 2.75) is 0 Å². The molecule has 0 atom stereocenters. The highest BCUT2D eigenvalue weighted by atomic mass is 35.5. The lowest BCUT2D eigenvalue weighted by molar-refractivity contribution is -0.113. The van der Waals surface area contributed by atoms with Crippen molar-refractivity contribution in [2.24, 2.45) is 0 Å². The number of rotatable bonds is 4. The molecule has 0 saturated carbocycles. The van der Waals surface area contributed by atoms with Gasteiger partial charge in [-0.05, 0) is 54.6 Å². The zero-order valence-corrected chi connectivity index (χ0v) is 17.4. The highest BCUT2D eigenvalue weighted by Gasteiger charge is 2.33. The molecule has 0 aliphatic carbocycles. The standard InChI is InChI=1S/C21H13ClFNO3S2/c1-26-14-5-3-13(4-6-14)24-20(25)19(29-21(24)28)11-15-7-9-18(27-15)12-2-8-17(23)16(22)10-12/h2-11H,1H3/b19-11+. The lowest BCUT2D eigenvalue weighted by Crippen LogP contribution is -2.27. The largest absolute Gasteiger partial charge is 0.497 e. The molecule has 1 aromatic heterocycles. The first-order valence-electron chi connectivity index (χ1n) is 8.43. The van der Waals surface area contributed by atoms with E-state index in [1.54, 1.807) is 55.7 Å². The first-order chi connectivity index (χ1) is 14.0. The first kappa shape index (κ1) is 19.7. The molecule has 3 aromatic rings. The molecule has 0 spiro atoms. The van der Waals surface area contributed by atoms with Gasteiger partial charge in [-0.2, -0.15) is 0 Å². The molecule has 8 heteroatoms. The number of carbonyl (C=O) groups is 1. The smallest absolute Gasteiger partial charge is 0.270 e. The summed E-state index contributed by atoms with van der Waals surface area (Å²) in [7, 11) is 1.58. The molecule has 4 rings (SSSR count). The van der Waals surface area contributed by atoms with Gasteiger partial charge in [0.05, 0.1) is 22.7 Å². The van der Waals surface area contributed by atoms with Crippen LogP contribution in [0.25, 0.3) is 17.4 Å². The number of nitrogens with zero attached hydrogens (tertiary/aromatic N) is 1. The van der Waals surface area contributed by atoms with Gasteiger partial charge < -0.3 is 9.15 Å². The summed E-state index contributed by atoms with van der Waals surface area (Å²) in [6.07, 6.45) is 1.64. The zero-order chi connectivity index (χ0) is 20.5. The van der Waals surface area contributed by atoms with E-state index in [4.69, 9.17) is 33.0 Å². The van der Waals surface area contributed by atoms with Gasteiger partial charge in [-0.3, -0.25) is 9.69 Å². The quantitative estimate of drug-likeness (QED) is 0.355. The Morgan fingerprint density at radius 2 is 1.93 bits per heavy atom. The average molecular weight is 446 g/mol. The minimum Gasteiger partial charge on any atom is -0.497 e. The van der Waals surface area contributed by atoms with E-state index < -0.39 is 5.82 Å². The Morgan fingerprint density at radius 1 is 1.17 bits per heavy atom. The number of furan rings is 1. The molecule has 1 fully saturated rings. The van der Waals surface area contributed by atoms with Gasteiger partial charge in [0.15, 0.2) is 4.32 Å². The third-order valence-corrected chi connectivity index (χ3v) is 5.82. The molecule has 1 aliphatic rings. The maximum Gasteiger partial charge on any atom is 0.270 e. The fraction of sp³-hybridized carbons (Fsp3) is 0.0476. The number of anilines is 1. The van der Waals surface area contributed by atoms with Crippen LogP contribution in [-0.4, -0.2) is 17.3 Å². The van der Waals surface area contributed by atoms with Crippen LogP contribution in [0, 0.1) is 5.82 Å². The average Bonchev–Trinajstić information content (AvgIpc) is 3.29. The molecule has 2 heterocycles. The van der Waals surface area contributed by atoms with Crippen molar-refractivity contribution >= 4 is 57.6 Å². The van der Waals surface area contributed by atoms with E-state index in [2.05, 4.69) is 0 Å². The third-order valence-electron chi connectivity index (χ3n) is 4.23. The van der Waals surface area contributed by atoms with Crippen molar-refractivity contribution in [3.63, 3.8) is 0 Å². The number of amides is 1. The molecular weight excluding hydrogens is 433 g/mol. The highest BCUT2D eigenvalue weighted by molar-refractivity contribution is 8.27. The van der Waals surface area contributed by atoms with Crippen molar-refractivity contribution in [1.29, 1.82) is 0 Å². The fourth-order valence-corrected chi connectivity index (χ4v) is 4.25. The summed E-state index contributed by atoms with van der Waals surface area (Å²) in [4.78, 5) is 14.8. The minimum absolute atomic E-state index is 0.0146. The second kappa shape index (κ2) is 8.02. The van der Waals surface area contributed by atoms with Gasteiger partial charge in [0.2, 0.25) is 0 Å². The van der Waals surface area contributed by atoms with E-state index in [0.717, 1.165) is 0 Å². The van der Waals surface area contributed by atoms with Gasteiger partial charge in [-0.15, -0.1) is 0 Å². The molecular formula is C21H13ClFNO3S2. The Bertz CT molecular complexity index is 1140. The first-order valence-corrected chi connectivity index (χ1v) is 10.0. The molecule has 0 unspecified atom stereocenters. The Balaban J connectivity index is 1.58. The summed E-state index contributed by atoms with van der Waals surface area (Å²) in [5, 5.41) is 0.0146. The van der Waals surface area contributed by atoms with Crippen molar-refractivity contribution < 1.29 is 18.3 Å². The highest BCUT2D eigenvalue weighted by Crippen LogP contribution is 2.37. The predicted molar refractivity (Wildman–Crippen MR) is 118 cm³/mol. The summed E-state index contributed by atoms with van der Waals surface area (Å²) in [6.45, 7) is 0. The number of carbonyl (C=O) groups excluding carboxylic acids is 1. The Morgan fingerprint density at radius 3 is 2.62 bits per heavy atom. The van der Waals surface area contributed by atoms with E-state index in [1.165, 1.54) is 28.8 Å². The summed E-state index contributed by atoms with van der Waals surface area (Å²) < 4.78 is 24.7. The van der Waals surface area contributed by atoms with E-state index in [-0.39, 0.29) is 10.9 Å². The summed E-state index contributed by atoms with van der Waals surface area (Å²) in [6, 6.07) is 14.9. The normalized spacial score (nSPS) is 15.4. The SMILES string of the molecule is COc1ccc(N2C(=O)/C(=C\c3ccc(-c4ccc(F)c(Cl)c4)o3)SC2=S)cc1. The van der Waals surface area contributed by atoms with Gasteiger partial charge >= 0.3 is 0 Å². The molecule has 1 aliphatic heterocycles. The summed E-state index contributed by atoms with van der Waals surface area (Å²) in [5.74, 6) is 0.968. The molecule has 0 N–H and O–H groups in total. The van der Waals surface area contributed by atoms with Gasteiger partial charge in [0.1, 0.15) is 23.1 Å². The molecule has 2 aromatic carbocycles. The number of halogens is 2. The van der Waals surface area contributed by atoms with Crippen LogP contribution in [0.4, 0.5) is 10.1 Å². The molecule has 4 nitrogen and oxygen atoms in total. The molecule has 0 radical (unpaired) electrons. The summed E-state index contributed by atoms with van der Waals surface area (Å²) in [5.41, 5.74) is 1.31. The van der Waals surface area contributed by atoms with Crippen LogP contribution in [0.5, 0.6) is 5.75 Å². The fourth-order valence-electron chi connectivity index (χ4n) is 2.79. The lowest BCUT2D eigenvalue weighted by Gasteiger charge is -2.14. The van der Waals surface area contributed by atoms with Crippen LogP contribution in [-0.2, 0) is 4.79 Å². The minimum atomic E-state index is -0.496. The maximum atomic E-state index is 13.4. The van der Waals surface area contributed by atoms with Crippen molar-refractivity contribution in [1.82, 2.24) is 0 Å². The number of ether oxygens (including phenoxy) is 1. The van der Waals surface area contributed by atoms with E-state index in [1.807, 2.05) is 0 Å². The molecule has 29 heavy (non-hydrogen) atoms. The molecule has 146 valence electrons. The molecule has 1 amide bonds. The Labute approximate surface area is 180 Å². The van der Waals surface area contributed by atoms with Gasteiger partial charge in [0.25, 0.3) is 5.91 Å². The number of hydrogen-bond donors (Lipinski definition) is 0. The Kier molecular flexibility index (Phi) is 5.45. The molecule has 0 bridgehead atoms. The van der Waals surface area contributed by atoms with E-state index >= 15 is 0 Å². The monoisotopic (exact) mass is 445 g/mol. The Hall–Kier alpha value is -2.61. The second-order valence-corrected chi connectivity index (χ2v) is 8.13. The van der Waals surface area contributed by atoms with Gasteiger partial charge in [0, 0.05) is 11.6 Å². The number of thioether (sulfide) groups is 1. The third kappa shape index (κ3) is 3.94.